The average molecular weight is 350 g/mol. The third-order valence-corrected chi connectivity index (χ3v) is 4.75. The Hall–Kier alpha value is -3.02. The number of piperidine rings is 1. The van der Waals surface area contributed by atoms with Gasteiger partial charge in [-0.1, -0.05) is 30.3 Å². The summed E-state index contributed by atoms with van der Waals surface area (Å²) in [5, 5.41) is 5.81. The molecule has 6 nitrogen and oxygen atoms in total. The first-order chi connectivity index (χ1) is 12.8. The van der Waals surface area contributed by atoms with E-state index in [4.69, 9.17) is 4.42 Å². The van der Waals surface area contributed by atoms with Crippen molar-refractivity contribution < 1.29 is 9.21 Å². The Morgan fingerprint density at radius 3 is 2.58 bits per heavy atom. The highest BCUT2D eigenvalue weighted by Gasteiger charge is 2.23. The second-order valence-electron chi connectivity index (χ2n) is 6.60. The number of fused-ring (bicyclic) bond motifs is 1. The van der Waals surface area contributed by atoms with Crippen molar-refractivity contribution in [2.45, 2.75) is 12.8 Å². The molecule has 1 aliphatic rings. The standard InChI is InChI=1S/C20H22N4O2/c25-19(22-16-6-2-1-3-7-16)21-14-15-10-12-24(13-11-15)20-23-17-8-4-5-9-18(17)26-20/h1-9,15H,10-14H2,(H2,21,22,25). The first kappa shape index (κ1) is 16.4. The highest BCUT2D eigenvalue weighted by Crippen LogP contribution is 2.26. The quantitative estimate of drug-likeness (QED) is 0.749. The van der Waals surface area contributed by atoms with Gasteiger partial charge in [0.1, 0.15) is 5.52 Å². The van der Waals surface area contributed by atoms with E-state index in [0.717, 1.165) is 42.7 Å². The number of anilines is 2. The van der Waals surface area contributed by atoms with Crippen molar-refractivity contribution in [3.05, 3.63) is 54.6 Å². The Balaban J connectivity index is 1.25. The number of urea groups is 1. The highest BCUT2D eigenvalue weighted by atomic mass is 16.4. The van der Waals surface area contributed by atoms with E-state index in [1.165, 1.54) is 0 Å². The summed E-state index contributed by atoms with van der Waals surface area (Å²) in [5.41, 5.74) is 2.52. The van der Waals surface area contributed by atoms with E-state index in [0.29, 0.717) is 18.5 Å². The zero-order chi connectivity index (χ0) is 17.8. The van der Waals surface area contributed by atoms with E-state index in [1.807, 2.05) is 54.6 Å². The summed E-state index contributed by atoms with van der Waals surface area (Å²) < 4.78 is 5.84. The van der Waals surface area contributed by atoms with Gasteiger partial charge < -0.3 is 20.0 Å². The molecule has 26 heavy (non-hydrogen) atoms. The maximum absolute atomic E-state index is 12.0. The topological polar surface area (TPSA) is 70.4 Å². The Labute approximate surface area is 152 Å². The maximum atomic E-state index is 12.0. The average Bonchev–Trinajstić information content (AvgIpc) is 3.12. The fourth-order valence-corrected chi connectivity index (χ4v) is 3.26. The van der Waals surface area contributed by atoms with Crippen LogP contribution in [0.4, 0.5) is 16.5 Å². The van der Waals surface area contributed by atoms with Crippen LogP contribution in [0.5, 0.6) is 0 Å². The normalized spacial score (nSPS) is 15.2. The van der Waals surface area contributed by atoms with Gasteiger partial charge in [0.05, 0.1) is 0 Å². The van der Waals surface area contributed by atoms with E-state index in [1.54, 1.807) is 0 Å². The monoisotopic (exact) mass is 350 g/mol. The lowest BCUT2D eigenvalue weighted by atomic mass is 9.97. The van der Waals surface area contributed by atoms with Gasteiger partial charge in [-0.05, 0) is 43.0 Å². The number of hydrogen-bond donors (Lipinski definition) is 2. The lowest BCUT2D eigenvalue weighted by Gasteiger charge is -2.30. The zero-order valence-corrected chi connectivity index (χ0v) is 14.5. The number of amides is 2. The molecule has 2 aromatic carbocycles. The fourth-order valence-electron chi connectivity index (χ4n) is 3.26. The van der Waals surface area contributed by atoms with E-state index in [9.17, 15) is 4.79 Å². The van der Waals surface area contributed by atoms with Gasteiger partial charge in [-0.15, -0.1) is 0 Å². The molecule has 0 atom stereocenters. The van der Waals surface area contributed by atoms with Crippen LogP contribution >= 0.6 is 0 Å². The summed E-state index contributed by atoms with van der Waals surface area (Å²) in [6.07, 6.45) is 2.01. The highest BCUT2D eigenvalue weighted by molar-refractivity contribution is 5.89. The molecule has 2 amide bonds. The third-order valence-electron chi connectivity index (χ3n) is 4.75. The first-order valence-electron chi connectivity index (χ1n) is 8.98. The van der Waals surface area contributed by atoms with Crippen LogP contribution in [0, 0.1) is 5.92 Å². The van der Waals surface area contributed by atoms with Gasteiger partial charge in [0.15, 0.2) is 5.58 Å². The number of oxazole rings is 1. The van der Waals surface area contributed by atoms with Crippen LogP contribution in [-0.2, 0) is 0 Å². The summed E-state index contributed by atoms with van der Waals surface area (Å²) in [4.78, 5) is 18.7. The van der Waals surface area contributed by atoms with Crippen LogP contribution in [0.3, 0.4) is 0 Å². The third kappa shape index (κ3) is 3.79. The Kier molecular flexibility index (Phi) is 4.73. The van der Waals surface area contributed by atoms with E-state index in [2.05, 4.69) is 20.5 Å². The molecule has 2 heterocycles. The van der Waals surface area contributed by atoms with Gasteiger partial charge in [-0.25, -0.2) is 4.79 Å². The van der Waals surface area contributed by atoms with Crippen LogP contribution in [0.25, 0.3) is 11.1 Å². The van der Waals surface area contributed by atoms with Gasteiger partial charge >= 0.3 is 6.03 Å². The summed E-state index contributed by atoms with van der Waals surface area (Å²) in [6, 6.07) is 17.8. The summed E-state index contributed by atoms with van der Waals surface area (Å²) in [6.45, 7) is 2.46. The molecule has 6 heteroatoms. The first-order valence-corrected chi connectivity index (χ1v) is 8.98. The van der Waals surface area contributed by atoms with Crippen molar-refractivity contribution in [1.82, 2.24) is 10.3 Å². The molecule has 134 valence electrons. The zero-order valence-electron chi connectivity index (χ0n) is 14.5. The molecule has 0 radical (unpaired) electrons. The molecule has 1 aromatic heterocycles. The molecule has 0 aliphatic carbocycles. The van der Waals surface area contributed by atoms with Crippen molar-refractivity contribution >= 4 is 28.8 Å². The molecule has 4 rings (SSSR count). The summed E-state index contributed by atoms with van der Waals surface area (Å²) >= 11 is 0. The molecule has 1 fully saturated rings. The Morgan fingerprint density at radius 2 is 1.81 bits per heavy atom. The lowest BCUT2D eigenvalue weighted by Crippen LogP contribution is -2.39. The van der Waals surface area contributed by atoms with Crippen LogP contribution in [0.15, 0.2) is 59.0 Å². The minimum absolute atomic E-state index is 0.155. The lowest BCUT2D eigenvalue weighted by molar-refractivity contribution is 0.248. The second-order valence-corrected chi connectivity index (χ2v) is 6.60. The smallest absolute Gasteiger partial charge is 0.319 e. The number of carbonyl (C=O) groups is 1. The number of nitrogens with zero attached hydrogens (tertiary/aromatic N) is 2. The van der Waals surface area contributed by atoms with Gasteiger partial charge in [0.25, 0.3) is 6.01 Å². The van der Waals surface area contributed by atoms with E-state index in [-0.39, 0.29) is 6.03 Å². The van der Waals surface area contributed by atoms with E-state index < -0.39 is 0 Å². The fraction of sp³-hybridized carbons (Fsp3) is 0.300. The minimum Gasteiger partial charge on any atom is -0.423 e. The number of rotatable bonds is 4. The largest absolute Gasteiger partial charge is 0.423 e. The van der Waals surface area contributed by atoms with Crippen LogP contribution < -0.4 is 15.5 Å². The second kappa shape index (κ2) is 7.47. The number of benzene rings is 2. The number of nitrogens with one attached hydrogen (secondary N) is 2. The Morgan fingerprint density at radius 1 is 1.08 bits per heavy atom. The van der Waals surface area contributed by atoms with Gasteiger partial charge in [-0.3, -0.25) is 0 Å². The van der Waals surface area contributed by atoms with Gasteiger partial charge in [0, 0.05) is 25.3 Å². The van der Waals surface area contributed by atoms with Crippen molar-refractivity contribution in [2.75, 3.05) is 29.9 Å². The molecule has 1 aliphatic heterocycles. The predicted octanol–water partition coefficient (Wildman–Crippen LogP) is 3.87. The molecule has 1 saturated heterocycles. The van der Waals surface area contributed by atoms with Crippen molar-refractivity contribution in [2.24, 2.45) is 5.92 Å². The van der Waals surface area contributed by atoms with Gasteiger partial charge in [-0.2, -0.15) is 4.98 Å². The molecule has 0 saturated carbocycles. The Bertz CT molecular complexity index is 837. The molecule has 3 aromatic rings. The molecule has 0 unspecified atom stereocenters. The molecular weight excluding hydrogens is 328 g/mol. The van der Waals surface area contributed by atoms with Crippen molar-refractivity contribution in [1.29, 1.82) is 0 Å². The van der Waals surface area contributed by atoms with E-state index >= 15 is 0 Å². The predicted molar refractivity (Wildman–Crippen MR) is 102 cm³/mol. The van der Waals surface area contributed by atoms with Crippen molar-refractivity contribution in [3.63, 3.8) is 0 Å². The van der Waals surface area contributed by atoms with Crippen LogP contribution in [0.1, 0.15) is 12.8 Å². The summed E-state index contributed by atoms with van der Waals surface area (Å²) in [7, 11) is 0. The molecular formula is C20H22N4O2. The number of para-hydroxylation sites is 3. The van der Waals surface area contributed by atoms with Crippen LogP contribution in [-0.4, -0.2) is 30.6 Å². The number of hydrogen-bond acceptors (Lipinski definition) is 4. The summed E-state index contributed by atoms with van der Waals surface area (Å²) in [5.74, 6) is 0.470. The maximum Gasteiger partial charge on any atom is 0.319 e. The SMILES string of the molecule is O=C(NCC1CCN(c2nc3ccccc3o2)CC1)Nc1ccccc1. The van der Waals surface area contributed by atoms with Crippen LogP contribution in [0.2, 0.25) is 0 Å². The molecule has 0 spiro atoms. The molecule has 0 bridgehead atoms. The van der Waals surface area contributed by atoms with Gasteiger partial charge in [0.2, 0.25) is 0 Å². The minimum atomic E-state index is -0.155. The molecule has 2 N–H and O–H groups in total. The number of aromatic nitrogens is 1. The van der Waals surface area contributed by atoms with Crippen molar-refractivity contribution in [3.8, 4) is 0 Å². The number of carbonyl (C=O) groups excluding carboxylic acids is 1.